The van der Waals surface area contributed by atoms with Crippen molar-refractivity contribution in [1.82, 2.24) is 4.90 Å². The molecule has 0 aliphatic carbocycles. The predicted molar refractivity (Wildman–Crippen MR) is 143 cm³/mol. The molecule has 4 aromatic carbocycles. The molecule has 1 aliphatic rings. The normalized spacial score (nSPS) is 14.6. The van der Waals surface area contributed by atoms with Crippen molar-refractivity contribution in [1.29, 1.82) is 0 Å². The van der Waals surface area contributed by atoms with Crippen molar-refractivity contribution in [2.45, 2.75) is 25.1 Å². The number of alkyl halides is 9. The average molecular weight is 589 g/mol. The minimum Gasteiger partial charge on any atom is -0.374 e. The fraction of sp³-hybridized carbons (Fsp3) is 0.161. The van der Waals surface area contributed by atoms with Crippen LogP contribution in [0.2, 0.25) is 0 Å². The van der Waals surface area contributed by atoms with Crippen molar-refractivity contribution in [3.05, 3.63) is 137 Å². The summed E-state index contributed by atoms with van der Waals surface area (Å²) in [6.07, 6.45) is -16.8. The molecule has 0 aromatic heterocycles. The van der Waals surface area contributed by atoms with E-state index in [0.717, 1.165) is 5.56 Å². The predicted octanol–water partition coefficient (Wildman–Crippen LogP) is 8.61. The molecule has 216 valence electrons. The van der Waals surface area contributed by atoms with Crippen LogP contribution in [0.25, 0.3) is 11.2 Å². The van der Waals surface area contributed by atoms with E-state index in [4.69, 9.17) is 0 Å². The molecule has 0 saturated carbocycles. The van der Waals surface area contributed by atoms with E-state index in [1.54, 1.807) is 95.9 Å². The Bertz CT molecular complexity index is 1540. The van der Waals surface area contributed by atoms with Crippen molar-refractivity contribution < 1.29 is 39.5 Å². The molecule has 0 radical (unpaired) electrons. The lowest BCUT2D eigenvalue weighted by Crippen LogP contribution is -2.45. The third kappa shape index (κ3) is 5.91. The number of halogens is 9. The average Bonchev–Trinajstić information content (AvgIpc) is 3.31. The zero-order chi connectivity index (χ0) is 30.3. The molecule has 0 atom stereocenters. The van der Waals surface area contributed by atoms with Gasteiger partial charge in [-0.1, -0.05) is 91.0 Å². The zero-order valence-electron chi connectivity index (χ0n) is 21.7. The van der Waals surface area contributed by atoms with Gasteiger partial charge < -0.3 is 4.90 Å². The molecule has 0 bridgehead atoms. The van der Waals surface area contributed by atoms with Gasteiger partial charge in [0.05, 0.1) is 16.7 Å². The Morgan fingerprint density at radius 2 is 1.02 bits per heavy atom. The zero-order valence-corrected chi connectivity index (χ0v) is 21.7. The second-order valence-corrected chi connectivity index (χ2v) is 9.89. The van der Waals surface area contributed by atoms with Crippen LogP contribution in [0.1, 0.15) is 33.4 Å². The Kier molecular flexibility index (Phi) is 7.63. The second kappa shape index (κ2) is 10.9. The Balaban J connectivity index is 1.86. The molecular weight excluding hydrogens is 568 g/mol. The standard InChI is InChI=1S/C31H21BF9N/c33-29(34,35)23-16-24(30(36,37)38)27(25(17-23)31(39,40)41)32-19-42(18-20-10-4-1-5-11-20)28(22-14-8-3-9-15-22)26(32)21-12-6-2-7-13-21/h1-17H,18-19H2. The number of nitrogens with zero attached hydrogens (tertiary/aromatic N) is 1. The summed E-state index contributed by atoms with van der Waals surface area (Å²) in [5, 5.41) is 0. The minimum atomic E-state index is -5.50. The van der Waals surface area contributed by atoms with Crippen molar-refractivity contribution >= 4 is 23.3 Å². The first-order chi connectivity index (χ1) is 19.7. The summed E-state index contributed by atoms with van der Waals surface area (Å²) in [5.74, 6) is 0. The molecule has 0 amide bonds. The third-order valence-electron chi connectivity index (χ3n) is 7.14. The van der Waals surface area contributed by atoms with Gasteiger partial charge in [0, 0.05) is 18.7 Å². The molecule has 42 heavy (non-hydrogen) atoms. The van der Waals surface area contributed by atoms with Crippen LogP contribution in [0, 0.1) is 0 Å². The van der Waals surface area contributed by atoms with E-state index in [0.29, 0.717) is 16.8 Å². The van der Waals surface area contributed by atoms with Gasteiger partial charge in [0.1, 0.15) is 0 Å². The maximum absolute atomic E-state index is 14.5. The lowest BCUT2D eigenvalue weighted by Gasteiger charge is -2.26. The summed E-state index contributed by atoms with van der Waals surface area (Å²) in [5.41, 5.74) is -4.95. The van der Waals surface area contributed by atoms with Crippen LogP contribution >= 0.6 is 0 Å². The summed E-state index contributed by atoms with van der Waals surface area (Å²) in [6, 6.07) is 24.9. The van der Waals surface area contributed by atoms with Crippen molar-refractivity contribution in [3.8, 4) is 0 Å². The molecule has 4 aromatic rings. The Morgan fingerprint density at radius 3 is 1.48 bits per heavy atom. The van der Waals surface area contributed by atoms with E-state index in [1.807, 2.05) is 0 Å². The Morgan fingerprint density at radius 1 is 0.571 bits per heavy atom. The fourth-order valence-electron chi connectivity index (χ4n) is 5.47. The first-order valence-corrected chi connectivity index (χ1v) is 12.8. The summed E-state index contributed by atoms with van der Waals surface area (Å²) >= 11 is 0. The van der Waals surface area contributed by atoms with Crippen LogP contribution in [0.4, 0.5) is 39.5 Å². The Hall–Kier alpha value is -4.15. The van der Waals surface area contributed by atoms with Crippen molar-refractivity contribution in [2.24, 2.45) is 0 Å². The topological polar surface area (TPSA) is 3.24 Å². The molecule has 0 fully saturated rings. The van der Waals surface area contributed by atoms with E-state index in [9.17, 15) is 39.5 Å². The third-order valence-corrected chi connectivity index (χ3v) is 7.14. The molecule has 1 nitrogen and oxygen atoms in total. The van der Waals surface area contributed by atoms with Gasteiger partial charge in [-0.15, -0.1) is 0 Å². The van der Waals surface area contributed by atoms with Crippen LogP contribution in [-0.2, 0) is 25.1 Å². The van der Waals surface area contributed by atoms with E-state index in [-0.39, 0.29) is 30.6 Å². The SMILES string of the molecule is FC(F)(F)c1cc(C(F)(F)F)c(B2CN(Cc3ccccc3)C(c3ccccc3)=C2c2ccccc2)c(C(F)(F)F)c1. The van der Waals surface area contributed by atoms with Crippen LogP contribution in [0.15, 0.2) is 103 Å². The molecule has 0 saturated heterocycles. The van der Waals surface area contributed by atoms with Gasteiger partial charge in [0.25, 0.3) is 0 Å². The lowest BCUT2D eigenvalue weighted by molar-refractivity contribution is -0.147. The van der Waals surface area contributed by atoms with Gasteiger partial charge in [-0.3, -0.25) is 0 Å². The maximum atomic E-state index is 14.5. The highest BCUT2D eigenvalue weighted by Gasteiger charge is 2.50. The number of hydrogen-bond donors (Lipinski definition) is 0. The van der Waals surface area contributed by atoms with Crippen molar-refractivity contribution in [2.75, 3.05) is 6.44 Å². The summed E-state index contributed by atoms with van der Waals surface area (Å²) < 4.78 is 128. The highest BCUT2D eigenvalue weighted by atomic mass is 19.4. The first-order valence-electron chi connectivity index (χ1n) is 12.8. The molecule has 0 unspecified atom stereocenters. The highest BCUT2D eigenvalue weighted by molar-refractivity contribution is 6.93. The van der Waals surface area contributed by atoms with Crippen LogP contribution in [-0.4, -0.2) is 18.1 Å². The second-order valence-electron chi connectivity index (χ2n) is 9.89. The maximum Gasteiger partial charge on any atom is 0.416 e. The largest absolute Gasteiger partial charge is 0.416 e. The monoisotopic (exact) mass is 589 g/mol. The molecule has 1 aliphatic heterocycles. The molecule has 0 N–H and O–H groups in total. The van der Waals surface area contributed by atoms with Crippen LogP contribution < -0.4 is 5.46 Å². The number of rotatable bonds is 5. The smallest absolute Gasteiger partial charge is 0.374 e. The minimum absolute atomic E-state index is 0.140. The van der Waals surface area contributed by atoms with Gasteiger partial charge >= 0.3 is 18.5 Å². The van der Waals surface area contributed by atoms with E-state index in [1.165, 1.54) is 0 Å². The van der Waals surface area contributed by atoms with Crippen molar-refractivity contribution in [3.63, 3.8) is 0 Å². The molecular formula is C31H21BF9N. The summed E-state index contributed by atoms with van der Waals surface area (Å²) in [4.78, 5) is 1.69. The summed E-state index contributed by atoms with van der Waals surface area (Å²) in [7, 11) is 0. The van der Waals surface area contributed by atoms with Gasteiger partial charge in [0.15, 0.2) is 0 Å². The van der Waals surface area contributed by atoms with Gasteiger partial charge in [0.2, 0.25) is 6.71 Å². The summed E-state index contributed by atoms with van der Waals surface area (Å²) in [6.45, 7) is -1.43. The number of hydrogen-bond acceptors (Lipinski definition) is 1. The Labute approximate surface area is 236 Å². The highest BCUT2D eigenvalue weighted by Crippen LogP contribution is 2.44. The first kappa shape index (κ1) is 29.4. The van der Waals surface area contributed by atoms with E-state index >= 15 is 0 Å². The molecule has 5 rings (SSSR count). The van der Waals surface area contributed by atoms with Gasteiger partial charge in [-0.05, 0) is 39.8 Å². The molecule has 0 spiro atoms. The van der Waals surface area contributed by atoms with Crippen LogP contribution in [0.5, 0.6) is 0 Å². The molecule has 1 heterocycles. The lowest BCUT2D eigenvalue weighted by atomic mass is 9.38. The fourth-order valence-corrected chi connectivity index (χ4v) is 5.47. The van der Waals surface area contributed by atoms with E-state index in [2.05, 4.69) is 0 Å². The van der Waals surface area contributed by atoms with Crippen LogP contribution in [0.3, 0.4) is 0 Å². The van der Waals surface area contributed by atoms with E-state index < -0.39 is 47.4 Å². The number of benzene rings is 4. The van der Waals surface area contributed by atoms with Gasteiger partial charge in [-0.2, -0.15) is 39.5 Å². The quantitative estimate of drug-likeness (QED) is 0.167. The van der Waals surface area contributed by atoms with Gasteiger partial charge in [-0.25, -0.2) is 0 Å². The molecule has 11 heteroatoms.